The van der Waals surface area contributed by atoms with Gasteiger partial charge in [-0.3, -0.25) is 0 Å². The van der Waals surface area contributed by atoms with Gasteiger partial charge in [0.25, 0.3) is 0 Å². The van der Waals surface area contributed by atoms with Gasteiger partial charge in [-0.2, -0.15) is 0 Å². The molecule has 0 saturated carbocycles. The van der Waals surface area contributed by atoms with Gasteiger partial charge < -0.3 is 14.6 Å². The molecule has 0 heterocycles. The summed E-state index contributed by atoms with van der Waals surface area (Å²) in [4.78, 5) is 0. The van der Waals surface area contributed by atoms with Gasteiger partial charge in [-0.05, 0) is 37.6 Å². The molecule has 0 saturated heterocycles. The quantitative estimate of drug-likeness (QED) is 0.633. The summed E-state index contributed by atoms with van der Waals surface area (Å²) in [7, 11) is 0. The van der Waals surface area contributed by atoms with Crippen molar-refractivity contribution in [1.82, 2.24) is 0 Å². The third-order valence-corrected chi connectivity index (χ3v) is 2.22. The van der Waals surface area contributed by atoms with Crippen molar-refractivity contribution >= 4 is 0 Å². The molecule has 0 aromatic heterocycles. The van der Waals surface area contributed by atoms with Crippen molar-refractivity contribution in [3.8, 4) is 11.8 Å². The van der Waals surface area contributed by atoms with Crippen LogP contribution < -0.4 is 0 Å². The minimum atomic E-state index is -0.359. The Morgan fingerprint density at radius 3 is 2.74 bits per heavy atom. The third-order valence-electron chi connectivity index (χ3n) is 2.22. The van der Waals surface area contributed by atoms with Crippen LogP contribution in [0.15, 0.2) is 18.2 Å². The summed E-state index contributed by atoms with van der Waals surface area (Å²) in [5.41, 5.74) is 1.25. The first-order chi connectivity index (χ1) is 9.11. The first kappa shape index (κ1) is 15.6. The van der Waals surface area contributed by atoms with E-state index in [1.165, 1.54) is 12.1 Å². The van der Waals surface area contributed by atoms with E-state index in [1.807, 2.05) is 13.8 Å². The highest BCUT2D eigenvalue weighted by Gasteiger charge is 2.00. The molecular weight excluding hydrogens is 247 g/mol. The maximum absolute atomic E-state index is 13.3. The zero-order valence-electron chi connectivity index (χ0n) is 11.3. The third kappa shape index (κ3) is 6.92. The fourth-order valence-electron chi connectivity index (χ4n) is 1.48. The molecule has 0 aliphatic heterocycles. The molecule has 104 valence electrons. The molecule has 3 nitrogen and oxygen atoms in total. The fraction of sp³-hybridized carbons (Fsp3) is 0.467. The van der Waals surface area contributed by atoms with Crippen LogP contribution in [0.5, 0.6) is 0 Å². The lowest BCUT2D eigenvalue weighted by molar-refractivity contribution is 0.0142. The van der Waals surface area contributed by atoms with Crippen molar-refractivity contribution in [1.29, 1.82) is 0 Å². The van der Waals surface area contributed by atoms with Gasteiger partial charge in [0, 0.05) is 5.56 Å². The monoisotopic (exact) mass is 266 g/mol. The predicted molar refractivity (Wildman–Crippen MR) is 71.1 cm³/mol. The van der Waals surface area contributed by atoms with Crippen LogP contribution in [-0.2, 0) is 16.1 Å². The summed E-state index contributed by atoms with van der Waals surface area (Å²) >= 11 is 0. The van der Waals surface area contributed by atoms with E-state index in [2.05, 4.69) is 11.8 Å². The van der Waals surface area contributed by atoms with Gasteiger partial charge in [-0.25, -0.2) is 4.39 Å². The Kier molecular flexibility index (Phi) is 7.12. The summed E-state index contributed by atoms with van der Waals surface area (Å²) < 4.78 is 24.1. The van der Waals surface area contributed by atoms with Gasteiger partial charge in [0.1, 0.15) is 12.4 Å². The van der Waals surface area contributed by atoms with Gasteiger partial charge in [-0.1, -0.05) is 11.8 Å². The van der Waals surface area contributed by atoms with E-state index in [0.29, 0.717) is 30.9 Å². The number of hydrogen-bond donors (Lipinski definition) is 1. The minimum Gasteiger partial charge on any atom is -0.384 e. The molecule has 0 aliphatic rings. The molecule has 0 atom stereocenters. The Bertz CT molecular complexity index is 446. The molecule has 0 radical (unpaired) electrons. The molecule has 0 amide bonds. The number of aliphatic hydroxyl groups excluding tert-OH is 1. The summed E-state index contributed by atoms with van der Waals surface area (Å²) in [6.07, 6.45) is 0.179. The van der Waals surface area contributed by atoms with Crippen molar-refractivity contribution in [2.75, 3.05) is 19.8 Å². The van der Waals surface area contributed by atoms with E-state index in [0.717, 1.165) is 0 Å². The van der Waals surface area contributed by atoms with Gasteiger partial charge >= 0.3 is 0 Å². The highest BCUT2D eigenvalue weighted by Crippen LogP contribution is 2.09. The molecule has 1 aromatic rings. The van der Waals surface area contributed by atoms with Crippen molar-refractivity contribution in [3.63, 3.8) is 0 Å². The van der Waals surface area contributed by atoms with Crippen LogP contribution in [0.2, 0.25) is 0 Å². The zero-order valence-corrected chi connectivity index (χ0v) is 11.3. The average Bonchev–Trinajstić information content (AvgIpc) is 2.35. The van der Waals surface area contributed by atoms with E-state index in [9.17, 15) is 4.39 Å². The average molecular weight is 266 g/mol. The zero-order chi connectivity index (χ0) is 14.1. The molecule has 19 heavy (non-hydrogen) atoms. The lowest BCUT2D eigenvalue weighted by atomic mass is 10.1. The molecule has 1 rings (SSSR count). The summed E-state index contributed by atoms with van der Waals surface area (Å²) in [6, 6.07) is 4.48. The number of ether oxygens (including phenoxy) is 2. The topological polar surface area (TPSA) is 38.7 Å². The highest BCUT2D eigenvalue weighted by molar-refractivity contribution is 5.37. The number of rotatable bonds is 6. The Hall–Kier alpha value is -1.41. The molecule has 1 N–H and O–H groups in total. The van der Waals surface area contributed by atoms with Gasteiger partial charge in [0.05, 0.1) is 25.9 Å². The van der Waals surface area contributed by atoms with E-state index < -0.39 is 0 Å². The van der Waals surface area contributed by atoms with Crippen molar-refractivity contribution < 1.29 is 19.0 Å². The standard InChI is InChI=1S/C15H19FO3/c1-12(2)19-7-6-18-11-14-8-13(4-3-5-17)9-15(16)10-14/h8-10,12,17H,5-7,11H2,1-2H3. The molecule has 4 heteroatoms. The van der Waals surface area contributed by atoms with Crippen LogP contribution in [0, 0.1) is 17.7 Å². The van der Waals surface area contributed by atoms with Gasteiger partial charge in [0.15, 0.2) is 0 Å². The van der Waals surface area contributed by atoms with Crippen molar-refractivity contribution in [3.05, 3.63) is 35.1 Å². The van der Waals surface area contributed by atoms with Gasteiger partial charge in [-0.15, -0.1) is 0 Å². The number of aliphatic hydroxyl groups is 1. The summed E-state index contributed by atoms with van der Waals surface area (Å²) in [5.74, 6) is 4.80. The van der Waals surface area contributed by atoms with Crippen LogP contribution >= 0.6 is 0 Å². The van der Waals surface area contributed by atoms with Crippen LogP contribution in [0.4, 0.5) is 4.39 Å². The van der Waals surface area contributed by atoms with Crippen LogP contribution in [0.3, 0.4) is 0 Å². The smallest absolute Gasteiger partial charge is 0.124 e. The molecule has 1 aromatic carbocycles. The molecule has 0 bridgehead atoms. The molecule has 0 unspecified atom stereocenters. The Balaban J connectivity index is 2.47. The predicted octanol–water partition coefficient (Wildman–Crippen LogP) is 2.11. The largest absolute Gasteiger partial charge is 0.384 e. The van der Waals surface area contributed by atoms with Crippen LogP contribution in [-0.4, -0.2) is 31.0 Å². The van der Waals surface area contributed by atoms with E-state index in [4.69, 9.17) is 14.6 Å². The van der Waals surface area contributed by atoms with Crippen molar-refractivity contribution in [2.24, 2.45) is 0 Å². The number of hydrogen-bond acceptors (Lipinski definition) is 3. The maximum Gasteiger partial charge on any atom is 0.124 e. The molecule has 0 spiro atoms. The van der Waals surface area contributed by atoms with Crippen LogP contribution in [0.1, 0.15) is 25.0 Å². The number of halogens is 1. The molecular formula is C15H19FO3. The lowest BCUT2D eigenvalue weighted by Gasteiger charge is -2.08. The van der Waals surface area contributed by atoms with Crippen molar-refractivity contribution in [2.45, 2.75) is 26.6 Å². The lowest BCUT2D eigenvalue weighted by Crippen LogP contribution is -2.09. The molecule has 0 fully saturated rings. The second kappa shape index (κ2) is 8.65. The maximum atomic E-state index is 13.3. The highest BCUT2D eigenvalue weighted by atomic mass is 19.1. The first-order valence-corrected chi connectivity index (χ1v) is 6.20. The van der Waals surface area contributed by atoms with E-state index in [1.54, 1.807) is 6.07 Å². The molecule has 0 aliphatic carbocycles. The van der Waals surface area contributed by atoms with Crippen LogP contribution in [0.25, 0.3) is 0 Å². The first-order valence-electron chi connectivity index (χ1n) is 6.20. The Morgan fingerprint density at radius 2 is 2.05 bits per heavy atom. The normalized spacial score (nSPS) is 10.4. The second-order valence-electron chi connectivity index (χ2n) is 4.28. The minimum absolute atomic E-state index is 0.179. The second-order valence-corrected chi connectivity index (χ2v) is 4.28. The van der Waals surface area contributed by atoms with E-state index in [-0.39, 0.29) is 18.5 Å². The summed E-state index contributed by atoms with van der Waals surface area (Å²) in [6.45, 7) is 4.97. The Labute approximate surface area is 113 Å². The Morgan fingerprint density at radius 1 is 1.26 bits per heavy atom. The SMILES string of the molecule is CC(C)OCCOCc1cc(F)cc(C#CCO)c1. The van der Waals surface area contributed by atoms with Gasteiger partial charge in [0.2, 0.25) is 0 Å². The number of benzene rings is 1. The summed E-state index contributed by atoms with van der Waals surface area (Å²) in [5, 5.41) is 8.61. The van der Waals surface area contributed by atoms with E-state index >= 15 is 0 Å². The fourth-order valence-corrected chi connectivity index (χ4v) is 1.48.